The standard InChI is InChI=1S/C10H14FNO2/c1-6-2-3-7(11)4-8(6)10(14)9(12)5-13/h2-4,9-10,13-14H,5,12H2,1H3. The Balaban J connectivity index is 2.99. The van der Waals surface area contributed by atoms with Crippen molar-refractivity contribution in [3.8, 4) is 0 Å². The van der Waals surface area contributed by atoms with Gasteiger partial charge in [-0.3, -0.25) is 0 Å². The number of rotatable bonds is 3. The van der Waals surface area contributed by atoms with Gasteiger partial charge in [0.1, 0.15) is 5.82 Å². The second kappa shape index (κ2) is 4.50. The molecular weight excluding hydrogens is 185 g/mol. The van der Waals surface area contributed by atoms with E-state index in [1.807, 2.05) is 0 Å². The molecule has 3 nitrogen and oxygen atoms in total. The third-order valence-corrected chi connectivity index (χ3v) is 2.18. The Hall–Kier alpha value is -0.970. The molecule has 0 fully saturated rings. The van der Waals surface area contributed by atoms with Gasteiger partial charge in [0.25, 0.3) is 0 Å². The predicted octanol–water partition coefficient (Wildman–Crippen LogP) is 0.487. The molecule has 0 saturated heterocycles. The number of aliphatic hydroxyl groups excluding tert-OH is 2. The van der Waals surface area contributed by atoms with E-state index < -0.39 is 18.0 Å². The molecule has 1 aromatic carbocycles. The summed E-state index contributed by atoms with van der Waals surface area (Å²) in [6.07, 6.45) is -1.03. The average Bonchev–Trinajstić information content (AvgIpc) is 2.19. The first kappa shape index (κ1) is 11.1. The van der Waals surface area contributed by atoms with E-state index in [1.54, 1.807) is 13.0 Å². The fraction of sp³-hybridized carbons (Fsp3) is 0.400. The minimum atomic E-state index is -1.03. The monoisotopic (exact) mass is 199 g/mol. The number of nitrogens with two attached hydrogens (primary N) is 1. The molecule has 0 aliphatic heterocycles. The molecule has 2 unspecified atom stereocenters. The molecule has 0 amide bonds. The van der Waals surface area contributed by atoms with Crippen LogP contribution in [0.3, 0.4) is 0 Å². The molecule has 14 heavy (non-hydrogen) atoms. The number of benzene rings is 1. The molecule has 78 valence electrons. The Kier molecular flexibility index (Phi) is 3.57. The third kappa shape index (κ3) is 2.29. The van der Waals surface area contributed by atoms with Crippen molar-refractivity contribution in [1.82, 2.24) is 0 Å². The van der Waals surface area contributed by atoms with Crippen LogP contribution in [0.25, 0.3) is 0 Å². The van der Waals surface area contributed by atoms with Gasteiger partial charge < -0.3 is 15.9 Å². The first-order valence-corrected chi connectivity index (χ1v) is 4.37. The molecule has 4 N–H and O–H groups in total. The first-order valence-electron chi connectivity index (χ1n) is 4.37. The van der Waals surface area contributed by atoms with Crippen molar-refractivity contribution in [2.75, 3.05) is 6.61 Å². The van der Waals surface area contributed by atoms with Crippen LogP contribution in [0.1, 0.15) is 17.2 Å². The summed E-state index contributed by atoms with van der Waals surface area (Å²) < 4.78 is 12.9. The highest BCUT2D eigenvalue weighted by Crippen LogP contribution is 2.20. The Morgan fingerprint density at radius 2 is 2.14 bits per heavy atom. The Morgan fingerprint density at radius 1 is 1.50 bits per heavy atom. The van der Waals surface area contributed by atoms with E-state index in [0.29, 0.717) is 5.56 Å². The zero-order valence-corrected chi connectivity index (χ0v) is 7.94. The summed E-state index contributed by atoms with van der Waals surface area (Å²) in [6, 6.07) is 3.33. The molecule has 4 heteroatoms. The van der Waals surface area contributed by atoms with Crippen molar-refractivity contribution in [2.24, 2.45) is 5.73 Å². The summed E-state index contributed by atoms with van der Waals surface area (Å²) in [5.41, 5.74) is 6.62. The van der Waals surface area contributed by atoms with Gasteiger partial charge in [-0.25, -0.2) is 4.39 Å². The highest BCUT2D eigenvalue weighted by atomic mass is 19.1. The van der Waals surface area contributed by atoms with Crippen LogP contribution < -0.4 is 5.73 Å². The SMILES string of the molecule is Cc1ccc(F)cc1C(O)C(N)CO. The number of hydrogen-bond acceptors (Lipinski definition) is 3. The van der Waals surface area contributed by atoms with E-state index >= 15 is 0 Å². The van der Waals surface area contributed by atoms with Crippen molar-refractivity contribution in [3.63, 3.8) is 0 Å². The first-order chi connectivity index (χ1) is 6.56. The molecule has 1 rings (SSSR count). The molecule has 0 aromatic heterocycles. The summed E-state index contributed by atoms with van der Waals surface area (Å²) in [6.45, 7) is 1.42. The van der Waals surface area contributed by atoms with Gasteiger partial charge in [0.2, 0.25) is 0 Å². The van der Waals surface area contributed by atoms with Gasteiger partial charge in [-0.15, -0.1) is 0 Å². The fourth-order valence-electron chi connectivity index (χ4n) is 1.26. The molecule has 0 radical (unpaired) electrons. The molecule has 0 aliphatic rings. The van der Waals surface area contributed by atoms with E-state index in [2.05, 4.69) is 0 Å². The van der Waals surface area contributed by atoms with Crippen LogP contribution in [-0.2, 0) is 0 Å². The zero-order valence-electron chi connectivity index (χ0n) is 7.94. The van der Waals surface area contributed by atoms with Crippen molar-refractivity contribution in [1.29, 1.82) is 0 Å². The largest absolute Gasteiger partial charge is 0.395 e. The van der Waals surface area contributed by atoms with Crippen molar-refractivity contribution < 1.29 is 14.6 Å². The number of aliphatic hydroxyl groups is 2. The summed E-state index contributed by atoms with van der Waals surface area (Å²) in [5.74, 6) is -0.421. The summed E-state index contributed by atoms with van der Waals surface area (Å²) in [4.78, 5) is 0. The second-order valence-corrected chi connectivity index (χ2v) is 3.29. The lowest BCUT2D eigenvalue weighted by molar-refractivity contribution is 0.109. The smallest absolute Gasteiger partial charge is 0.123 e. The van der Waals surface area contributed by atoms with Gasteiger partial charge in [0.05, 0.1) is 18.8 Å². The van der Waals surface area contributed by atoms with Crippen molar-refractivity contribution in [2.45, 2.75) is 19.1 Å². The lowest BCUT2D eigenvalue weighted by atomic mass is 9.99. The minimum Gasteiger partial charge on any atom is -0.395 e. The molecule has 2 atom stereocenters. The number of hydrogen-bond donors (Lipinski definition) is 3. The molecule has 0 saturated carbocycles. The van der Waals surface area contributed by atoms with Gasteiger partial charge in [0.15, 0.2) is 0 Å². The van der Waals surface area contributed by atoms with Crippen LogP contribution in [-0.4, -0.2) is 22.9 Å². The predicted molar refractivity (Wildman–Crippen MR) is 51.2 cm³/mol. The van der Waals surface area contributed by atoms with Crippen LogP contribution in [0.15, 0.2) is 18.2 Å². The van der Waals surface area contributed by atoms with Crippen molar-refractivity contribution >= 4 is 0 Å². The van der Waals surface area contributed by atoms with Crippen molar-refractivity contribution in [3.05, 3.63) is 35.1 Å². The number of aryl methyl sites for hydroxylation is 1. The minimum absolute atomic E-state index is 0.336. The van der Waals surface area contributed by atoms with Gasteiger partial charge in [-0.2, -0.15) is 0 Å². The summed E-state index contributed by atoms with van der Waals surface area (Å²) in [7, 11) is 0. The molecule has 0 aliphatic carbocycles. The van der Waals surface area contributed by atoms with Crippen LogP contribution in [0.5, 0.6) is 0 Å². The maximum absolute atomic E-state index is 12.9. The molecule has 0 spiro atoms. The van der Waals surface area contributed by atoms with Gasteiger partial charge >= 0.3 is 0 Å². The summed E-state index contributed by atoms with van der Waals surface area (Å²) >= 11 is 0. The highest BCUT2D eigenvalue weighted by Gasteiger charge is 2.18. The maximum atomic E-state index is 12.9. The molecule has 1 aromatic rings. The second-order valence-electron chi connectivity index (χ2n) is 3.29. The highest BCUT2D eigenvalue weighted by molar-refractivity contribution is 5.29. The van der Waals surface area contributed by atoms with Gasteiger partial charge in [-0.05, 0) is 30.2 Å². The van der Waals surface area contributed by atoms with E-state index in [4.69, 9.17) is 10.8 Å². The number of halogens is 1. The third-order valence-electron chi connectivity index (χ3n) is 2.18. The Morgan fingerprint density at radius 3 is 2.71 bits per heavy atom. The lowest BCUT2D eigenvalue weighted by Gasteiger charge is -2.18. The zero-order chi connectivity index (χ0) is 10.7. The van der Waals surface area contributed by atoms with Crippen LogP contribution in [0.4, 0.5) is 4.39 Å². The van der Waals surface area contributed by atoms with E-state index in [9.17, 15) is 9.50 Å². The normalized spacial score (nSPS) is 15.2. The van der Waals surface area contributed by atoms with E-state index in [-0.39, 0.29) is 6.61 Å². The van der Waals surface area contributed by atoms with Crippen LogP contribution in [0.2, 0.25) is 0 Å². The maximum Gasteiger partial charge on any atom is 0.123 e. The Labute approximate surface area is 82.0 Å². The topological polar surface area (TPSA) is 66.5 Å². The quantitative estimate of drug-likeness (QED) is 0.663. The molecule has 0 bridgehead atoms. The van der Waals surface area contributed by atoms with Gasteiger partial charge in [-0.1, -0.05) is 6.07 Å². The van der Waals surface area contributed by atoms with E-state index in [0.717, 1.165) is 5.56 Å². The summed E-state index contributed by atoms with van der Waals surface area (Å²) in [5, 5.41) is 18.4. The molecular formula is C10H14FNO2. The van der Waals surface area contributed by atoms with Crippen LogP contribution >= 0.6 is 0 Å². The molecule has 0 heterocycles. The Bertz CT molecular complexity index is 317. The fourth-order valence-corrected chi connectivity index (χ4v) is 1.26. The van der Waals surface area contributed by atoms with Crippen LogP contribution in [0, 0.1) is 12.7 Å². The van der Waals surface area contributed by atoms with E-state index in [1.165, 1.54) is 12.1 Å². The van der Waals surface area contributed by atoms with Gasteiger partial charge in [0, 0.05) is 0 Å². The average molecular weight is 199 g/mol. The lowest BCUT2D eigenvalue weighted by Crippen LogP contribution is -2.32.